The van der Waals surface area contributed by atoms with Crippen LogP contribution in [0.2, 0.25) is 0 Å². The molecular formula is C17H20N2O3. The molecule has 0 aromatic heterocycles. The van der Waals surface area contributed by atoms with Gasteiger partial charge in [-0.05, 0) is 55.3 Å². The number of nitrogens with two attached hydrogens (primary N) is 1. The summed E-state index contributed by atoms with van der Waals surface area (Å²) >= 11 is 0. The Morgan fingerprint density at radius 2 is 1.82 bits per heavy atom. The number of benzene rings is 2. The maximum Gasteiger partial charge on any atom is 0.265 e. The maximum absolute atomic E-state index is 11.6. The molecule has 0 aliphatic carbocycles. The highest BCUT2D eigenvalue weighted by molar-refractivity contribution is 5.94. The first-order valence-electron chi connectivity index (χ1n) is 6.92. The highest BCUT2D eigenvalue weighted by atomic mass is 16.5. The fourth-order valence-corrected chi connectivity index (χ4v) is 2.29. The van der Waals surface area contributed by atoms with E-state index in [-0.39, 0.29) is 5.91 Å². The van der Waals surface area contributed by atoms with Crippen LogP contribution < -0.4 is 20.7 Å². The molecule has 0 aliphatic heterocycles. The lowest BCUT2D eigenvalue weighted by Gasteiger charge is -2.12. The van der Waals surface area contributed by atoms with Gasteiger partial charge >= 0.3 is 0 Å². The third-order valence-corrected chi connectivity index (χ3v) is 3.26. The van der Waals surface area contributed by atoms with E-state index in [4.69, 9.17) is 15.3 Å². The van der Waals surface area contributed by atoms with Gasteiger partial charge in [-0.1, -0.05) is 6.07 Å². The van der Waals surface area contributed by atoms with Gasteiger partial charge in [-0.25, -0.2) is 5.84 Å². The topological polar surface area (TPSA) is 73.6 Å². The van der Waals surface area contributed by atoms with Crippen LogP contribution in [0.5, 0.6) is 11.5 Å². The normalized spacial score (nSPS) is 10.2. The summed E-state index contributed by atoms with van der Waals surface area (Å²) in [6, 6.07) is 11.1. The molecule has 2 aromatic carbocycles. The fraction of sp³-hybridized carbons (Fsp3) is 0.235. The van der Waals surface area contributed by atoms with Crippen LogP contribution in [0.3, 0.4) is 0 Å². The summed E-state index contributed by atoms with van der Waals surface area (Å²) in [5.74, 6) is 6.26. The molecule has 0 saturated carbocycles. The Balaban J connectivity index is 2.21. The molecule has 2 aromatic rings. The van der Waals surface area contributed by atoms with Crippen LogP contribution in [0.15, 0.2) is 36.4 Å². The van der Waals surface area contributed by atoms with E-state index in [1.807, 2.05) is 26.0 Å². The SMILES string of the molecule is COc1ccc(C(=O)NN)cc1COc1cc(C)cc(C)c1. The Morgan fingerprint density at radius 3 is 2.41 bits per heavy atom. The standard InChI is InChI=1S/C17H20N2O3/c1-11-6-12(2)8-15(7-11)22-10-14-9-13(17(20)19-18)4-5-16(14)21-3/h4-9H,10,18H2,1-3H3,(H,19,20). The average molecular weight is 300 g/mol. The molecule has 0 radical (unpaired) electrons. The number of nitrogens with one attached hydrogen (secondary N) is 1. The van der Waals surface area contributed by atoms with Gasteiger partial charge in [0.1, 0.15) is 18.1 Å². The largest absolute Gasteiger partial charge is 0.496 e. The molecule has 0 saturated heterocycles. The monoisotopic (exact) mass is 300 g/mol. The Hall–Kier alpha value is -2.53. The fourth-order valence-electron chi connectivity index (χ4n) is 2.29. The number of hydrazine groups is 1. The van der Waals surface area contributed by atoms with Crippen LogP contribution >= 0.6 is 0 Å². The summed E-state index contributed by atoms with van der Waals surface area (Å²) in [4.78, 5) is 11.6. The molecule has 5 nitrogen and oxygen atoms in total. The number of carbonyl (C=O) groups excluding carboxylic acids is 1. The van der Waals surface area contributed by atoms with Crippen molar-refractivity contribution >= 4 is 5.91 Å². The van der Waals surface area contributed by atoms with Gasteiger partial charge in [-0.3, -0.25) is 10.2 Å². The number of rotatable bonds is 5. The molecule has 0 aliphatic rings. The molecular weight excluding hydrogens is 280 g/mol. The smallest absolute Gasteiger partial charge is 0.265 e. The molecule has 116 valence electrons. The molecule has 0 unspecified atom stereocenters. The number of hydrogen-bond donors (Lipinski definition) is 2. The number of aryl methyl sites for hydroxylation is 2. The third kappa shape index (κ3) is 3.77. The lowest BCUT2D eigenvalue weighted by atomic mass is 10.1. The zero-order valence-electron chi connectivity index (χ0n) is 13.0. The summed E-state index contributed by atoms with van der Waals surface area (Å²) in [5.41, 5.74) is 5.63. The molecule has 0 heterocycles. The Kier molecular flexibility index (Phi) is 5.01. The number of methoxy groups -OCH3 is 1. The van der Waals surface area contributed by atoms with E-state index in [0.717, 1.165) is 22.4 Å². The predicted octanol–water partition coefficient (Wildman–Crippen LogP) is 2.49. The van der Waals surface area contributed by atoms with Gasteiger partial charge in [0.25, 0.3) is 5.91 Å². The molecule has 2 rings (SSSR count). The number of nitrogen functional groups attached to an aromatic ring is 1. The van der Waals surface area contributed by atoms with E-state index in [1.165, 1.54) is 0 Å². The molecule has 22 heavy (non-hydrogen) atoms. The van der Waals surface area contributed by atoms with Crippen LogP contribution in [-0.2, 0) is 6.61 Å². The molecule has 0 spiro atoms. The van der Waals surface area contributed by atoms with Gasteiger partial charge in [0.15, 0.2) is 0 Å². The summed E-state index contributed by atoms with van der Waals surface area (Å²) in [7, 11) is 1.58. The second-order valence-electron chi connectivity index (χ2n) is 5.11. The van der Waals surface area contributed by atoms with Gasteiger partial charge in [-0.15, -0.1) is 0 Å². The van der Waals surface area contributed by atoms with E-state index in [9.17, 15) is 4.79 Å². The lowest BCUT2D eigenvalue weighted by Crippen LogP contribution is -2.30. The van der Waals surface area contributed by atoms with Crippen LogP contribution in [0.1, 0.15) is 27.0 Å². The van der Waals surface area contributed by atoms with Crippen LogP contribution in [0.25, 0.3) is 0 Å². The van der Waals surface area contributed by atoms with Crippen molar-refractivity contribution in [1.29, 1.82) is 0 Å². The number of carbonyl (C=O) groups is 1. The second-order valence-corrected chi connectivity index (χ2v) is 5.11. The van der Waals surface area contributed by atoms with Gasteiger partial charge in [0.2, 0.25) is 0 Å². The zero-order valence-corrected chi connectivity index (χ0v) is 13.0. The summed E-state index contributed by atoms with van der Waals surface area (Å²) in [6.07, 6.45) is 0. The highest BCUT2D eigenvalue weighted by Gasteiger charge is 2.10. The first-order chi connectivity index (χ1) is 10.5. The predicted molar refractivity (Wildman–Crippen MR) is 84.9 cm³/mol. The van der Waals surface area contributed by atoms with Crippen molar-refractivity contribution in [2.45, 2.75) is 20.5 Å². The average Bonchev–Trinajstić information content (AvgIpc) is 2.51. The Labute approximate surface area is 130 Å². The minimum atomic E-state index is -0.352. The van der Waals surface area contributed by atoms with Gasteiger partial charge in [0, 0.05) is 11.1 Å². The lowest BCUT2D eigenvalue weighted by molar-refractivity contribution is 0.0953. The number of amides is 1. The molecule has 5 heteroatoms. The van der Waals surface area contributed by atoms with E-state index in [0.29, 0.717) is 17.9 Å². The van der Waals surface area contributed by atoms with Crippen molar-refractivity contribution in [3.05, 3.63) is 58.7 Å². The van der Waals surface area contributed by atoms with Crippen molar-refractivity contribution in [3.8, 4) is 11.5 Å². The van der Waals surface area contributed by atoms with Crippen LogP contribution in [0, 0.1) is 13.8 Å². The Morgan fingerprint density at radius 1 is 1.14 bits per heavy atom. The maximum atomic E-state index is 11.6. The van der Waals surface area contributed by atoms with Crippen molar-refractivity contribution in [2.24, 2.45) is 5.84 Å². The van der Waals surface area contributed by atoms with E-state index < -0.39 is 0 Å². The van der Waals surface area contributed by atoms with Gasteiger partial charge < -0.3 is 9.47 Å². The van der Waals surface area contributed by atoms with Crippen molar-refractivity contribution < 1.29 is 14.3 Å². The van der Waals surface area contributed by atoms with E-state index in [1.54, 1.807) is 25.3 Å². The van der Waals surface area contributed by atoms with Crippen molar-refractivity contribution in [2.75, 3.05) is 7.11 Å². The van der Waals surface area contributed by atoms with Gasteiger partial charge in [-0.2, -0.15) is 0 Å². The summed E-state index contributed by atoms with van der Waals surface area (Å²) in [5, 5.41) is 0. The first-order valence-corrected chi connectivity index (χ1v) is 6.92. The van der Waals surface area contributed by atoms with E-state index >= 15 is 0 Å². The van der Waals surface area contributed by atoms with Crippen molar-refractivity contribution in [1.82, 2.24) is 5.43 Å². The minimum absolute atomic E-state index is 0.303. The third-order valence-electron chi connectivity index (χ3n) is 3.26. The Bertz CT molecular complexity index is 663. The molecule has 0 fully saturated rings. The highest BCUT2D eigenvalue weighted by Crippen LogP contribution is 2.23. The minimum Gasteiger partial charge on any atom is -0.496 e. The van der Waals surface area contributed by atoms with E-state index in [2.05, 4.69) is 11.5 Å². The molecule has 0 bridgehead atoms. The molecule has 0 atom stereocenters. The molecule has 1 amide bonds. The van der Waals surface area contributed by atoms with Crippen LogP contribution in [0.4, 0.5) is 0 Å². The second kappa shape index (κ2) is 6.95. The zero-order chi connectivity index (χ0) is 16.1. The van der Waals surface area contributed by atoms with Crippen molar-refractivity contribution in [3.63, 3.8) is 0 Å². The van der Waals surface area contributed by atoms with Gasteiger partial charge in [0.05, 0.1) is 7.11 Å². The molecule has 3 N–H and O–H groups in total. The number of ether oxygens (including phenoxy) is 2. The summed E-state index contributed by atoms with van der Waals surface area (Å²) in [6.45, 7) is 4.34. The summed E-state index contributed by atoms with van der Waals surface area (Å²) < 4.78 is 11.1. The number of hydrogen-bond acceptors (Lipinski definition) is 4. The first kappa shape index (κ1) is 15.9. The van der Waals surface area contributed by atoms with Crippen LogP contribution in [-0.4, -0.2) is 13.0 Å². The quantitative estimate of drug-likeness (QED) is 0.505.